The first-order valence-electron chi connectivity index (χ1n) is 6.73. The molecule has 2 heteroatoms. The van der Waals surface area contributed by atoms with Crippen LogP contribution in [0, 0.1) is 5.92 Å². The fraction of sp³-hybridized carbons (Fsp3) is 1.00. The van der Waals surface area contributed by atoms with Gasteiger partial charge in [0.1, 0.15) is 0 Å². The Kier molecular flexibility index (Phi) is 4.04. The Hall–Kier alpha value is -0.0800. The smallest absolute Gasteiger partial charge is 0.0221 e. The molecule has 1 N–H and O–H groups in total. The summed E-state index contributed by atoms with van der Waals surface area (Å²) in [6.07, 6.45) is 7.09. The summed E-state index contributed by atoms with van der Waals surface area (Å²) in [4.78, 5) is 2.69. The van der Waals surface area contributed by atoms with Crippen molar-refractivity contribution < 1.29 is 0 Å². The van der Waals surface area contributed by atoms with Gasteiger partial charge in [-0.3, -0.25) is 4.90 Å². The maximum absolute atomic E-state index is 3.72. The molecule has 0 spiro atoms. The Morgan fingerprint density at radius 3 is 2.60 bits per heavy atom. The molecule has 0 amide bonds. The first kappa shape index (κ1) is 11.4. The molecule has 2 rings (SSSR count). The molecule has 15 heavy (non-hydrogen) atoms. The van der Waals surface area contributed by atoms with Crippen molar-refractivity contribution in [1.82, 2.24) is 10.2 Å². The molecule has 2 aliphatic rings. The molecule has 1 saturated heterocycles. The molecule has 1 atom stereocenters. The van der Waals surface area contributed by atoms with Gasteiger partial charge in [0.25, 0.3) is 0 Å². The zero-order valence-electron chi connectivity index (χ0n) is 10.3. The average Bonchev–Trinajstić information content (AvgIpc) is 2.49. The van der Waals surface area contributed by atoms with Gasteiger partial charge in [0.05, 0.1) is 0 Å². The van der Waals surface area contributed by atoms with Crippen molar-refractivity contribution >= 4 is 0 Å². The molecular formula is C13H26N2. The van der Waals surface area contributed by atoms with E-state index in [1.807, 2.05) is 0 Å². The van der Waals surface area contributed by atoms with Crippen molar-refractivity contribution in [3.63, 3.8) is 0 Å². The normalized spacial score (nSPS) is 28.6. The van der Waals surface area contributed by atoms with E-state index in [0.717, 1.165) is 18.0 Å². The fourth-order valence-corrected chi connectivity index (χ4v) is 2.75. The van der Waals surface area contributed by atoms with E-state index in [-0.39, 0.29) is 0 Å². The van der Waals surface area contributed by atoms with Crippen LogP contribution in [-0.2, 0) is 0 Å². The first-order valence-corrected chi connectivity index (χ1v) is 6.73. The van der Waals surface area contributed by atoms with Gasteiger partial charge < -0.3 is 5.32 Å². The topological polar surface area (TPSA) is 15.3 Å². The number of likely N-dealkylation sites (tertiary alicyclic amines) is 1. The third-order valence-corrected chi connectivity index (χ3v) is 3.85. The maximum atomic E-state index is 3.72. The number of nitrogens with zero attached hydrogens (tertiary/aromatic N) is 1. The van der Waals surface area contributed by atoms with Gasteiger partial charge >= 0.3 is 0 Å². The van der Waals surface area contributed by atoms with Gasteiger partial charge in [0.2, 0.25) is 0 Å². The average molecular weight is 210 g/mol. The number of hydrogen-bond acceptors (Lipinski definition) is 2. The minimum Gasteiger partial charge on any atom is -0.312 e. The Morgan fingerprint density at radius 2 is 2.00 bits per heavy atom. The summed E-state index contributed by atoms with van der Waals surface area (Å²) in [6.45, 7) is 8.51. The van der Waals surface area contributed by atoms with Crippen LogP contribution < -0.4 is 5.32 Å². The molecule has 1 aliphatic heterocycles. The fourth-order valence-electron chi connectivity index (χ4n) is 2.75. The van der Waals surface area contributed by atoms with E-state index in [1.54, 1.807) is 0 Å². The second-order valence-corrected chi connectivity index (χ2v) is 5.72. The van der Waals surface area contributed by atoms with Gasteiger partial charge in [-0.05, 0) is 38.1 Å². The summed E-state index contributed by atoms with van der Waals surface area (Å²) in [5.41, 5.74) is 0. The zero-order chi connectivity index (χ0) is 10.7. The van der Waals surface area contributed by atoms with Crippen LogP contribution in [0.1, 0.15) is 46.0 Å². The zero-order valence-corrected chi connectivity index (χ0v) is 10.3. The van der Waals surface area contributed by atoms with Crippen LogP contribution in [0.2, 0.25) is 0 Å². The van der Waals surface area contributed by atoms with E-state index < -0.39 is 0 Å². The summed E-state index contributed by atoms with van der Waals surface area (Å²) in [5, 5.41) is 3.72. The molecule has 0 aromatic heterocycles. The maximum Gasteiger partial charge on any atom is 0.0221 e. The van der Waals surface area contributed by atoms with Crippen LogP contribution in [0.4, 0.5) is 0 Å². The van der Waals surface area contributed by atoms with Gasteiger partial charge in [0, 0.05) is 25.2 Å². The van der Waals surface area contributed by atoms with Crippen LogP contribution in [0.3, 0.4) is 0 Å². The molecule has 2 fully saturated rings. The highest BCUT2D eigenvalue weighted by molar-refractivity contribution is 4.84. The molecule has 2 nitrogen and oxygen atoms in total. The van der Waals surface area contributed by atoms with E-state index in [0.29, 0.717) is 0 Å². The highest BCUT2D eigenvalue weighted by Gasteiger charge is 2.26. The first-order chi connectivity index (χ1) is 7.25. The van der Waals surface area contributed by atoms with Crippen LogP contribution in [0.15, 0.2) is 0 Å². The summed E-state index contributed by atoms with van der Waals surface area (Å²) < 4.78 is 0. The van der Waals surface area contributed by atoms with Crippen LogP contribution in [0.5, 0.6) is 0 Å². The number of hydrogen-bond donors (Lipinski definition) is 1. The standard InChI is InChI=1S/C13H26N2/c1-11(2)10-15-8-4-7-13(15)9-14-12-5-3-6-12/h11-14H,3-10H2,1-2H3/t13-/m1/s1. The minimum atomic E-state index is 0.814. The third-order valence-electron chi connectivity index (χ3n) is 3.85. The SMILES string of the molecule is CC(C)CN1CCC[C@@H]1CNC1CCC1. The van der Waals surface area contributed by atoms with E-state index in [2.05, 4.69) is 24.1 Å². The monoisotopic (exact) mass is 210 g/mol. The highest BCUT2D eigenvalue weighted by Crippen LogP contribution is 2.21. The molecule has 1 heterocycles. The summed E-state index contributed by atoms with van der Waals surface area (Å²) in [6, 6.07) is 1.68. The largest absolute Gasteiger partial charge is 0.312 e. The highest BCUT2D eigenvalue weighted by atomic mass is 15.2. The van der Waals surface area contributed by atoms with E-state index >= 15 is 0 Å². The Labute approximate surface area is 94.4 Å². The predicted octanol–water partition coefficient (Wildman–Crippen LogP) is 2.25. The van der Waals surface area contributed by atoms with Gasteiger partial charge in [-0.15, -0.1) is 0 Å². The second-order valence-electron chi connectivity index (χ2n) is 5.72. The Balaban J connectivity index is 1.69. The van der Waals surface area contributed by atoms with Crippen molar-refractivity contribution in [3.8, 4) is 0 Å². The van der Waals surface area contributed by atoms with E-state index in [4.69, 9.17) is 0 Å². The lowest BCUT2D eigenvalue weighted by Crippen LogP contribution is -2.45. The minimum absolute atomic E-state index is 0.814. The van der Waals surface area contributed by atoms with Crippen molar-refractivity contribution in [3.05, 3.63) is 0 Å². The molecular weight excluding hydrogens is 184 g/mol. The summed E-state index contributed by atoms with van der Waals surface area (Å²) >= 11 is 0. The predicted molar refractivity (Wildman–Crippen MR) is 65.1 cm³/mol. The molecule has 1 aliphatic carbocycles. The van der Waals surface area contributed by atoms with Gasteiger partial charge in [-0.1, -0.05) is 20.3 Å². The summed E-state index contributed by atoms with van der Waals surface area (Å²) in [7, 11) is 0. The van der Waals surface area contributed by atoms with Crippen LogP contribution >= 0.6 is 0 Å². The lowest BCUT2D eigenvalue weighted by atomic mass is 9.93. The van der Waals surface area contributed by atoms with Gasteiger partial charge in [0.15, 0.2) is 0 Å². The van der Waals surface area contributed by atoms with Crippen molar-refractivity contribution in [2.45, 2.75) is 58.0 Å². The van der Waals surface area contributed by atoms with Crippen molar-refractivity contribution in [2.24, 2.45) is 5.92 Å². The molecule has 1 saturated carbocycles. The number of nitrogens with one attached hydrogen (secondary N) is 1. The van der Waals surface area contributed by atoms with Crippen LogP contribution in [-0.4, -0.2) is 36.6 Å². The van der Waals surface area contributed by atoms with Crippen molar-refractivity contribution in [2.75, 3.05) is 19.6 Å². The quantitative estimate of drug-likeness (QED) is 0.749. The molecule has 88 valence electrons. The van der Waals surface area contributed by atoms with E-state index in [1.165, 1.54) is 51.7 Å². The number of rotatable bonds is 5. The van der Waals surface area contributed by atoms with Crippen molar-refractivity contribution in [1.29, 1.82) is 0 Å². The molecule has 0 bridgehead atoms. The van der Waals surface area contributed by atoms with Crippen LogP contribution in [0.25, 0.3) is 0 Å². The molecule has 0 aromatic rings. The molecule has 0 radical (unpaired) electrons. The molecule has 0 aromatic carbocycles. The lowest BCUT2D eigenvalue weighted by Gasteiger charge is -2.31. The van der Waals surface area contributed by atoms with E-state index in [9.17, 15) is 0 Å². The summed E-state index contributed by atoms with van der Waals surface area (Å²) in [5.74, 6) is 0.814. The molecule has 0 unspecified atom stereocenters. The second kappa shape index (κ2) is 5.31. The van der Waals surface area contributed by atoms with Gasteiger partial charge in [-0.25, -0.2) is 0 Å². The third kappa shape index (κ3) is 3.18. The Morgan fingerprint density at radius 1 is 1.20 bits per heavy atom. The lowest BCUT2D eigenvalue weighted by molar-refractivity contribution is 0.208. The Bertz CT molecular complexity index is 187. The van der Waals surface area contributed by atoms with Gasteiger partial charge in [-0.2, -0.15) is 0 Å².